The summed E-state index contributed by atoms with van der Waals surface area (Å²) >= 11 is 0. The van der Waals surface area contributed by atoms with Crippen molar-refractivity contribution in [3.05, 3.63) is 12.2 Å². The Morgan fingerprint density at radius 3 is 2.19 bits per heavy atom. The first-order valence-corrected chi connectivity index (χ1v) is 6.98. The molecule has 0 fully saturated rings. The average Bonchev–Trinajstić information content (AvgIpc) is 2.27. The molecule has 0 unspecified atom stereocenters. The lowest BCUT2D eigenvalue weighted by Crippen LogP contribution is -1.95. The molecule has 0 N–H and O–H groups in total. The first-order chi connectivity index (χ1) is 7.81. The van der Waals surface area contributed by atoms with E-state index < -0.39 is 0 Å². The molecule has 0 radical (unpaired) electrons. The molecule has 0 spiro atoms. The van der Waals surface area contributed by atoms with Crippen molar-refractivity contribution in [2.24, 2.45) is 0 Å². The van der Waals surface area contributed by atoms with E-state index >= 15 is 0 Å². The van der Waals surface area contributed by atoms with Crippen LogP contribution in [-0.2, 0) is 4.79 Å². The molecule has 0 aliphatic carbocycles. The zero-order chi connectivity index (χ0) is 12.1. The van der Waals surface area contributed by atoms with Gasteiger partial charge in [0.15, 0.2) is 0 Å². The van der Waals surface area contributed by atoms with Crippen molar-refractivity contribution in [3.8, 4) is 0 Å². The minimum Gasteiger partial charge on any atom is -0.300 e. The van der Waals surface area contributed by atoms with Crippen molar-refractivity contribution in [1.29, 1.82) is 0 Å². The van der Waals surface area contributed by atoms with Gasteiger partial charge in [-0.1, -0.05) is 45.3 Å². The molecule has 0 aliphatic heterocycles. The van der Waals surface area contributed by atoms with Crippen molar-refractivity contribution in [1.82, 2.24) is 0 Å². The van der Waals surface area contributed by atoms with Crippen LogP contribution in [-0.4, -0.2) is 5.78 Å². The van der Waals surface area contributed by atoms with Crippen LogP contribution in [0, 0.1) is 0 Å². The lowest BCUT2D eigenvalue weighted by atomic mass is 10.1. The summed E-state index contributed by atoms with van der Waals surface area (Å²) in [5.74, 6) is 0.449. The predicted molar refractivity (Wildman–Crippen MR) is 71.7 cm³/mol. The summed E-state index contributed by atoms with van der Waals surface area (Å²) in [5, 5.41) is 0. The normalized spacial score (nSPS) is 11.1. The second-order valence-electron chi connectivity index (χ2n) is 4.50. The van der Waals surface area contributed by atoms with Gasteiger partial charge in [-0.3, -0.25) is 4.79 Å². The molecule has 0 saturated carbocycles. The second kappa shape index (κ2) is 12.5. The summed E-state index contributed by atoms with van der Waals surface area (Å²) in [6.07, 6.45) is 15.7. The number of unbranched alkanes of at least 4 members (excludes halogenated alkanes) is 5. The highest BCUT2D eigenvalue weighted by atomic mass is 16.1. The van der Waals surface area contributed by atoms with E-state index in [0.717, 1.165) is 25.7 Å². The van der Waals surface area contributed by atoms with Gasteiger partial charge in [0.2, 0.25) is 0 Å². The molecule has 0 heterocycles. The van der Waals surface area contributed by atoms with E-state index in [9.17, 15) is 4.79 Å². The van der Waals surface area contributed by atoms with Crippen LogP contribution in [0.5, 0.6) is 0 Å². The van der Waals surface area contributed by atoms with Crippen LogP contribution in [0.25, 0.3) is 0 Å². The molecule has 0 bridgehead atoms. The summed E-state index contributed by atoms with van der Waals surface area (Å²) in [6, 6.07) is 0. The van der Waals surface area contributed by atoms with Gasteiger partial charge in [0, 0.05) is 12.8 Å². The average molecular weight is 224 g/mol. The van der Waals surface area contributed by atoms with Gasteiger partial charge in [-0.15, -0.1) is 0 Å². The molecule has 94 valence electrons. The van der Waals surface area contributed by atoms with Gasteiger partial charge in [-0.2, -0.15) is 0 Å². The number of ketones is 1. The van der Waals surface area contributed by atoms with Crippen LogP contribution in [0.15, 0.2) is 12.2 Å². The van der Waals surface area contributed by atoms with Crippen LogP contribution in [0.2, 0.25) is 0 Å². The smallest absolute Gasteiger partial charge is 0.132 e. The quantitative estimate of drug-likeness (QED) is 0.354. The zero-order valence-electron chi connectivity index (χ0n) is 11.1. The van der Waals surface area contributed by atoms with E-state index in [1.54, 1.807) is 0 Å². The molecule has 0 atom stereocenters. The van der Waals surface area contributed by atoms with E-state index in [-0.39, 0.29) is 0 Å². The van der Waals surface area contributed by atoms with Gasteiger partial charge in [0.1, 0.15) is 5.78 Å². The van der Waals surface area contributed by atoms with E-state index in [0.29, 0.717) is 5.78 Å². The highest BCUT2D eigenvalue weighted by molar-refractivity contribution is 5.78. The molecule has 0 aromatic heterocycles. The highest BCUT2D eigenvalue weighted by Gasteiger charge is 1.98. The van der Waals surface area contributed by atoms with Crippen molar-refractivity contribution in [3.63, 3.8) is 0 Å². The standard InChI is InChI=1S/C15H28O/c1-3-5-6-7-8-9-10-11-12-14-15(16)13-4-2/h6-7H,3-5,8-14H2,1-2H3. The Hall–Kier alpha value is -0.590. The molecular weight excluding hydrogens is 196 g/mol. The van der Waals surface area contributed by atoms with E-state index in [4.69, 9.17) is 0 Å². The monoisotopic (exact) mass is 224 g/mol. The summed E-state index contributed by atoms with van der Waals surface area (Å²) in [7, 11) is 0. The summed E-state index contributed by atoms with van der Waals surface area (Å²) in [5.41, 5.74) is 0. The Kier molecular flexibility index (Phi) is 12.0. The van der Waals surface area contributed by atoms with Crippen LogP contribution >= 0.6 is 0 Å². The van der Waals surface area contributed by atoms with Gasteiger partial charge in [0.05, 0.1) is 0 Å². The Morgan fingerprint density at radius 2 is 1.50 bits per heavy atom. The zero-order valence-corrected chi connectivity index (χ0v) is 11.1. The lowest BCUT2D eigenvalue weighted by Gasteiger charge is -1.99. The third kappa shape index (κ3) is 11.5. The fourth-order valence-electron chi connectivity index (χ4n) is 1.74. The predicted octanol–water partition coefficient (Wildman–Crippen LogP) is 5.05. The molecule has 0 rings (SSSR count). The van der Waals surface area contributed by atoms with E-state index in [2.05, 4.69) is 26.0 Å². The van der Waals surface area contributed by atoms with Crippen LogP contribution in [0.1, 0.15) is 78.1 Å². The number of hydrogen-bond acceptors (Lipinski definition) is 1. The third-order valence-corrected chi connectivity index (χ3v) is 2.73. The molecule has 1 nitrogen and oxygen atoms in total. The molecule has 0 aromatic rings. The first kappa shape index (κ1) is 15.4. The Labute approximate surface area is 101 Å². The van der Waals surface area contributed by atoms with Gasteiger partial charge in [-0.25, -0.2) is 0 Å². The van der Waals surface area contributed by atoms with E-state index in [1.807, 2.05) is 0 Å². The van der Waals surface area contributed by atoms with Crippen molar-refractivity contribution < 1.29 is 4.79 Å². The number of rotatable bonds is 11. The van der Waals surface area contributed by atoms with Gasteiger partial charge >= 0.3 is 0 Å². The molecule has 16 heavy (non-hydrogen) atoms. The number of carbonyl (C=O) groups excluding carboxylic acids is 1. The lowest BCUT2D eigenvalue weighted by molar-refractivity contribution is -0.119. The highest BCUT2D eigenvalue weighted by Crippen LogP contribution is 2.08. The van der Waals surface area contributed by atoms with Gasteiger partial charge in [-0.05, 0) is 32.1 Å². The summed E-state index contributed by atoms with van der Waals surface area (Å²) < 4.78 is 0. The van der Waals surface area contributed by atoms with Crippen molar-refractivity contribution >= 4 is 5.78 Å². The van der Waals surface area contributed by atoms with Crippen LogP contribution in [0.4, 0.5) is 0 Å². The Morgan fingerprint density at radius 1 is 0.812 bits per heavy atom. The minimum absolute atomic E-state index is 0.449. The van der Waals surface area contributed by atoms with Crippen molar-refractivity contribution in [2.75, 3.05) is 0 Å². The first-order valence-electron chi connectivity index (χ1n) is 6.98. The third-order valence-electron chi connectivity index (χ3n) is 2.73. The number of allylic oxidation sites excluding steroid dienone is 2. The van der Waals surface area contributed by atoms with Crippen LogP contribution in [0.3, 0.4) is 0 Å². The molecule has 0 aromatic carbocycles. The number of hydrogen-bond donors (Lipinski definition) is 0. The fraction of sp³-hybridized carbons (Fsp3) is 0.800. The molecule has 0 aliphatic rings. The maximum atomic E-state index is 11.2. The topological polar surface area (TPSA) is 17.1 Å². The van der Waals surface area contributed by atoms with E-state index in [1.165, 1.54) is 38.5 Å². The maximum Gasteiger partial charge on any atom is 0.132 e. The Bertz CT molecular complexity index is 182. The SMILES string of the molecule is CCCC=CCCCCCCC(=O)CCC. The van der Waals surface area contributed by atoms with Crippen molar-refractivity contribution in [2.45, 2.75) is 78.1 Å². The Balaban J connectivity index is 3.12. The number of carbonyl (C=O) groups is 1. The maximum absolute atomic E-state index is 11.2. The summed E-state index contributed by atoms with van der Waals surface area (Å²) in [6.45, 7) is 4.28. The second-order valence-corrected chi connectivity index (χ2v) is 4.50. The minimum atomic E-state index is 0.449. The fourth-order valence-corrected chi connectivity index (χ4v) is 1.74. The molecule has 0 saturated heterocycles. The molecule has 1 heteroatoms. The largest absolute Gasteiger partial charge is 0.300 e. The number of Topliss-reactive ketones (excluding diaryl/α,β-unsaturated/α-hetero) is 1. The van der Waals surface area contributed by atoms with Gasteiger partial charge < -0.3 is 0 Å². The van der Waals surface area contributed by atoms with Gasteiger partial charge in [0.25, 0.3) is 0 Å². The van der Waals surface area contributed by atoms with Crippen LogP contribution < -0.4 is 0 Å². The molecule has 0 amide bonds. The molecular formula is C15H28O. The summed E-state index contributed by atoms with van der Waals surface area (Å²) in [4.78, 5) is 11.2.